The quantitative estimate of drug-likeness (QED) is 0.824. The molecule has 3 heteroatoms. The van der Waals surface area contributed by atoms with E-state index in [4.69, 9.17) is 4.74 Å². The molecule has 1 N–H and O–H groups in total. The lowest BCUT2D eigenvalue weighted by Gasteiger charge is -2.43. The van der Waals surface area contributed by atoms with Gasteiger partial charge in [-0.15, -0.1) is 0 Å². The highest BCUT2D eigenvalue weighted by molar-refractivity contribution is 5.75. The molecule has 0 aromatic rings. The molecule has 0 spiro atoms. The Bertz CT molecular complexity index is 261. The highest BCUT2D eigenvalue weighted by Crippen LogP contribution is 2.48. The maximum atomic E-state index is 11.7. The molecule has 0 unspecified atom stereocenters. The molecule has 0 aromatic carbocycles. The molecular formula is C14H24O3. The summed E-state index contributed by atoms with van der Waals surface area (Å²) in [6.45, 7) is 3.71. The predicted octanol–water partition coefficient (Wildman–Crippen LogP) is 3.08. The van der Waals surface area contributed by atoms with Gasteiger partial charge in [0.15, 0.2) is 0 Å². The molecule has 98 valence electrons. The molecule has 1 aliphatic carbocycles. The van der Waals surface area contributed by atoms with Gasteiger partial charge in [-0.3, -0.25) is 4.79 Å². The predicted molar refractivity (Wildman–Crippen MR) is 65.9 cm³/mol. The van der Waals surface area contributed by atoms with Crippen LogP contribution in [0.5, 0.6) is 0 Å². The summed E-state index contributed by atoms with van der Waals surface area (Å²) in [5, 5.41) is 9.66. The molecule has 1 saturated heterocycles. The molecular weight excluding hydrogens is 216 g/mol. The first kappa shape index (κ1) is 12.9. The van der Waals surface area contributed by atoms with Crippen molar-refractivity contribution in [1.29, 1.82) is 0 Å². The van der Waals surface area contributed by atoms with E-state index in [2.05, 4.69) is 6.92 Å². The van der Waals surface area contributed by atoms with E-state index < -0.39 is 11.4 Å². The first-order chi connectivity index (χ1) is 8.19. The minimum atomic E-state index is -0.557. The third-order valence-corrected chi connectivity index (χ3v) is 5.00. The summed E-state index contributed by atoms with van der Waals surface area (Å²) in [6.07, 6.45) is 7.02. The molecule has 1 heterocycles. The van der Waals surface area contributed by atoms with Crippen molar-refractivity contribution in [3.8, 4) is 0 Å². The Hall–Kier alpha value is -0.570. The van der Waals surface area contributed by atoms with Crippen molar-refractivity contribution < 1.29 is 14.6 Å². The number of aliphatic carboxylic acids is 1. The van der Waals surface area contributed by atoms with Gasteiger partial charge in [0.05, 0.1) is 5.41 Å². The van der Waals surface area contributed by atoms with Crippen LogP contribution >= 0.6 is 0 Å². The average Bonchev–Trinajstić information content (AvgIpc) is 2.39. The Morgan fingerprint density at radius 1 is 1.24 bits per heavy atom. The molecule has 0 radical (unpaired) electrons. The molecule has 0 atom stereocenters. The number of carboxylic acid groups (broad SMARTS) is 1. The summed E-state index contributed by atoms with van der Waals surface area (Å²) in [4.78, 5) is 11.7. The van der Waals surface area contributed by atoms with Crippen LogP contribution in [0.25, 0.3) is 0 Å². The van der Waals surface area contributed by atoms with Crippen LogP contribution < -0.4 is 0 Å². The summed E-state index contributed by atoms with van der Waals surface area (Å²) in [5.74, 6) is 0.535. The van der Waals surface area contributed by atoms with Crippen LogP contribution in [0.2, 0.25) is 0 Å². The molecule has 2 rings (SSSR count). The zero-order valence-electron chi connectivity index (χ0n) is 10.8. The van der Waals surface area contributed by atoms with E-state index in [1.54, 1.807) is 0 Å². The van der Waals surface area contributed by atoms with Crippen LogP contribution in [0.15, 0.2) is 0 Å². The van der Waals surface area contributed by atoms with Gasteiger partial charge in [0.1, 0.15) is 0 Å². The molecule has 0 aromatic heterocycles. The molecule has 1 aliphatic heterocycles. The van der Waals surface area contributed by atoms with Gasteiger partial charge in [0.2, 0.25) is 0 Å². The maximum absolute atomic E-state index is 11.7. The monoisotopic (exact) mass is 240 g/mol. The van der Waals surface area contributed by atoms with Gasteiger partial charge in [-0.1, -0.05) is 13.3 Å². The van der Waals surface area contributed by atoms with Crippen LogP contribution in [0, 0.1) is 17.3 Å². The van der Waals surface area contributed by atoms with Gasteiger partial charge >= 0.3 is 5.97 Å². The number of carboxylic acids is 1. The second-order valence-electron chi connectivity index (χ2n) is 5.70. The summed E-state index contributed by atoms with van der Waals surface area (Å²) >= 11 is 0. The first-order valence-corrected chi connectivity index (χ1v) is 7.00. The summed E-state index contributed by atoms with van der Waals surface area (Å²) in [5.41, 5.74) is -0.435. The van der Waals surface area contributed by atoms with Gasteiger partial charge in [0, 0.05) is 13.2 Å². The number of ether oxygens (including phenoxy) is 1. The lowest BCUT2D eigenvalue weighted by molar-refractivity contribution is -0.159. The maximum Gasteiger partial charge on any atom is 0.309 e. The van der Waals surface area contributed by atoms with E-state index in [1.165, 1.54) is 6.42 Å². The molecule has 0 amide bonds. The van der Waals surface area contributed by atoms with Crippen molar-refractivity contribution in [1.82, 2.24) is 0 Å². The summed E-state index contributed by atoms with van der Waals surface area (Å²) < 4.78 is 5.36. The zero-order chi connectivity index (χ0) is 12.3. The van der Waals surface area contributed by atoms with Gasteiger partial charge in [-0.25, -0.2) is 0 Å². The minimum absolute atomic E-state index is 0.339. The fourth-order valence-electron chi connectivity index (χ4n) is 3.65. The van der Waals surface area contributed by atoms with Gasteiger partial charge < -0.3 is 9.84 Å². The van der Waals surface area contributed by atoms with E-state index in [0.29, 0.717) is 5.92 Å². The number of carbonyl (C=O) groups is 1. The van der Waals surface area contributed by atoms with Gasteiger partial charge in [0.25, 0.3) is 0 Å². The largest absolute Gasteiger partial charge is 0.481 e. The minimum Gasteiger partial charge on any atom is -0.481 e. The molecule has 17 heavy (non-hydrogen) atoms. The van der Waals surface area contributed by atoms with Crippen molar-refractivity contribution in [2.45, 2.75) is 51.9 Å². The first-order valence-electron chi connectivity index (χ1n) is 7.00. The Morgan fingerprint density at radius 2 is 1.82 bits per heavy atom. The highest BCUT2D eigenvalue weighted by Gasteiger charge is 2.47. The van der Waals surface area contributed by atoms with Crippen LogP contribution in [-0.4, -0.2) is 24.3 Å². The summed E-state index contributed by atoms with van der Waals surface area (Å²) in [7, 11) is 0. The third-order valence-electron chi connectivity index (χ3n) is 5.00. The lowest BCUT2D eigenvalue weighted by atomic mass is 9.61. The van der Waals surface area contributed by atoms with E-state index in [0.717, 1.165) is 57.7 Å². The van der Waals surface area contributed by atoms with Gasteiger partial charge in [-0.2, -0.15) is 0 Å². The molecule has 2 fully saturated rings. The second-order valence-corrected chi connectivity index (χ2v) is 5.70. The highest BCUT2D eigenvalue weighted by atomic mass is 16.5. The fraction of sp³-hybridized carbons (Fsp3) is 0.929. The molecule has 0 bridgehead atoms. The zero-order valence-corrected chi connectivity index (χ0v) is 10.8. The van der Waals surface area contributed by atoms with Crippen LogP contribution in [0.1, 0.15) is 51.9 Å². The average molecular weight is 240 g/mol. The molecule has 2 aliphatic rings. The smallest absolute Gasteiger partial charge is 0.309 e. The Labute approximate surface area is 104 Å². The Morgan fingerprint density at radius 3 is 2.29 bits per heavy atom. The van der Waals surface area contributed by atoms with E-state index in [9.17, 15) is 9.90 Å². The number of hydrogen-bond acceptors (Lipinski definition) is 2. The van der Waals surface area contributed by atoms with Crippen LogP contribution in [0.3, 0.4) is 0 Å². The Kier molecular flexibility index (Phi) is 4.08. The number of rotatable bonds is 3. The van der Waals surface area contributed by atoms with E-state index >= 15 is 0 Å². The second kappa shape index (κ2) is 5.38. The van der Waals surface area contributed by atoms with Crippen LogP contribution in [-0.2, 0) is 9.53 Å². The van der Waals surface area contributed by atoms with Crippen LogP contribution in [0.4, 0.5) is 0 Å². The Balaban J connectivity index is 2.07. The van der Waals surface area contributed by atoms with Gasteiger partial charge in [-0.05, 0) is 50.4 Å². The molecule has 3 nitrogen and oxygen atoms in total. The van der Waals surface area contributed by atoms with Crippen molar-refractivity contribution in [3.05, 3.63) is 0 Å². The molecule has 1 saturated carbocycles. The lowest BCUT2D eigenvalue weighted by Crippen LogP contribution is -2.44. The standard InChI is InChI=1S/C14H24O3/c1-2-11-3-7-14(8-4-11,13(15)16)12-5-9-17-10-6-12/h11-12H,2-10H2,1H3,(H,15,16). The topological polar surface area (TPSA) is 46.5 Å². The van der Waals surface area contributed by atoms with E-state index in [1.807, 2.05) is 0 Å². The van der Waals surface area contributed by atoms with Crippen molar-refractivity contribution >= 4 is 5.97 Å². The van der Waals surface area contributed by atoms with Crippen molar-refractivity contribution in [2.24, 2.45) is 17.3 Å². The van der Waals surface area contributed by atoms with Crippen molar-refractivity contribution in [3.63, 3.8) is 0 Å². The SMILES string of the molecule is CCC1CCC(C(=O)O)(C2CCOCC2)CC1. The fourth-order valence-corrected chi connectivity index (χ4v) is 3.65. The third kappa shape index (κ3) is 2.49. The normalized spacial score (nSPS) is 35.7. The van der Waals surface area contributed by atoms with Crippen molar-refractivity contribution in [2.75, 3.05) is 13.2 Å². The van der Waals surface area contributed by atoms with E-state index in [-0.39, 0.29) is 0 Å². The summed E-state index contributed by atoms with van der Waals surface area (Å²) in [6, 6.07) is 0. The number of hydrogen-bond donors (Lipinski definition) is 1.